The van der Waals surface area contributed by atoms with Gasteiger partial charge in [0.1, 0.15) is 18.2 Å². The minimum Gasteiger partial charge on any atom is -0.461 e. The maximum atomic E-state index is 14.5. The molecule has 2 amide bonds. The molecule has 2 unspecified atom stereocenters. The summed E-state index contributed by atoms with van der Waals surface area (Å²) in [4.78, 5) is 45.0. The van der Waals surface area contributed by atoms with Crippen LogP contribution in [0.15, 0.2) is 25.3 Å². The highest BCUT2D eigenvalue weighted by atomic mass is 16.6. The average molecular weight is 519 g/mol. The van der Waals surface area contributed by atoms with Gasteiger partial charge in [0.2, 0.25) is 11.8 Å². The first kappa shape index (κ1) is 29.4. The van der Waals surface area contributed by atoms with E-state index < -0.39 is 41.1 Å². The molecule has 1 spiro atoms. The number of amides is 2. The highest BCUT2D eigenvalue weighted by molar-refractivity contribution is 5.98. The molecule has 0 aliphatic carbocycles. The van der Waals surface area contributed by atoms with E-state index in [1.54, 1.807) is 11.0 Å². The molecular formula is C29H46N2O6. The van der Waals surface area contributed by atoms with Crippen LogP contribution in [0.1, 0.15) is 73.1 Å². The van der Waals surface area contributed by atoms with E-state index in [0.717, 1.165) is 12.8 Å². The molecular weight excluding hydrogens is 472 g/mol. The molecule has 2 bridgehead atoms. The number of unbranched alkanes of at least 4 members (excludes halogenated alkanes) is 2. The van der Waals surface area contributed by atoms with Crippen molar-refractivity contribution in [3.05, 3.63) is 25.3 Å². The summed E-state index contributed by atoms with van der Waals surface area (Å²) in [6, 6.07) is -0.819. The Morgan fingerprint density at radius 3 is 2.49 bits per heavy atom. The predicted octanol–water partition coefficient (Wildman–Crippen LogP) is 3.48. The number of ether oxygens (including phenoxy) is 2. The predicted molar refractivity (Wildman–Crippen MR) is 141 cm³/mol. The summed E-state index contributed by atoms with van der Waals surface area (Å²) < 4.78 is 11.9. The SMILES string of the molecule is C=CCOC(=O)[C@@H]1[C@H]2C(=O)N(CCCCCO)C(C(=O)N(CC=C)C(C)(C)CC(C)(C)C)C23CC[C@H]1O3. The molecule has 3 aliphatic heterocycles. The molecule has 3 fully saturated rings. The van der Waals surface area contributed by atoms with Crippen LogP contribution < -0.4 is 0 Å². The zero-order valence-electron chi connectivity index (χ0n) is 23.3. The van der Waals surface area contributed by atoms with Crippen LogP contribution in [0.3, 0.4) is 0 Å². The number of likely N-dealkylation sites (tertiary alicyclic amines) is 1. The van der Waals surface area contributed by atoms with Crippen molar-refractivity contribution < 1.29 is 29.0 Å². The molecule has 8 nitrogen and oxygen atoms in total. The van der Waals surface area contributed by atoms with Crippen molar-refractivity contribution in [2.45, 2.75) is 96.4 Å². The Labute approximate surface area is 222 Å². The molecule has 0 saturated carbocycles. The van der Waals surface area contributed by atoms with Gasteiger partial charge in [0.05, 0.1) is 17.9 Å². The molecule has 208 valence electrons. The number of fused-ring (bicyclic) bond motifs is 1. The van der Waals surface area contributed by atoms with E-state index in [1.165, 1.54) is 6.08 Å². The van der Waals surface area contributed by atoms with Crippen molar-refractivity contribution in [3.63, 3.8) is 0 Å². The molecule has 5 atom stereocenters. The van der Waals surface area contributed by atoms with Crippen LogP contribution in [0.25, 0.3) is 0 Å². The van der Waals surface area contributed by atoms with Gasteiger partial charge < -0.3 is 24.4 Å². The number of aliphatic hydroxyl groups excluding tert-OH is 1. The minimum atomic E-state index is -1.05. The first-order valence-electron chi connectivity index (χ1n) is 13.6. The van der Waals surface area contributed by atoms with Gasteiger partial charge in [-0.15, -0.1) is 6.58 Å². The Morgan fingerprint density at radius 1 is 1.19 bits per heavy atom. The maximum absolute atomic E-state index is 14.5. The van der Waals surface area contributed by atoms with Gasteiger partial charge in [0, 0.05) is 25.2 Å². The van der Waals surface area contributed by atoms with E-state index in [-0.39, 0.29) is 30.4 Å². The maximum Gasteiger partial charge on any atom is 0.312 e. The Kier molecular flexibility index (Phi) is 8.95. The third kappa shape index (κ3) is 5.65. The normalized spacial score (nSPS) is 28.8. The third-order valence-electron chi connectivity index (χ3n) is 7.98. The number of esters is 1. The van der Waals surface area contributed by atoms with Crippen molar-refractivity contribution in [2.24, 2.45) is 17.3 Å². The van der Waals surface area contributed by atoms with E-state index in [2.05, 4.69) is 47.8 Å². The van der Waals surface area contributed by atoms with Gasteiger partial charge in [-0.2, -0.15) is 0 Å². The van der Waals surface area contributed by atoms with E-state index in [4.69, 9.17) is 9.47 Å². The van der Waals surface area contributed by atoms with Gasteiger partial charge in [-0.1, -0.05) is 39.5 Å². The lowest BCUT2D eigenvalue weighted by molar-refractivity contribution is -0.155. The standard InChI is InChI=1S/C29H46N2O6/c1-8-15-31(28(6,7)19-27(3,4)5)25(34)23-29-14-13-20(37-29)21(26(35)36-18-9-2)22(29)24(33)30(23)16-11-10-12-17-32/h8-9,20-23,32H,1-2,10-19H2,3-7H3/t20-,21+,22+,23?,29?/m1/s1. The molecule has 0 aromatic carbocycles. The largest absolute Gasteiger partial charge is 0.461 e. The second-order valence-electron chi connectivity index (χ2n) is 12.6. The third-order valence-corrected chi connectivity index (χ3v) is 7.98. The van der Waals surface area contributed by atoms with Crippen molar-refractivity contribution in [3.8, 4) is 0 Å². The lowest BCUT2D eigenvalue weighted by atomic mass is 9.70. The summed E-state index contributed by atoms with van der Waals surface area (Å²) in [6.45, 7) is 18.9. The first-order valence-corrected chi connectivity index (χ1v) is 13.6. The topological polar surface area (TPSA) is 96.4 Å². The summed E-state index contributed by atoms with van der Waals surface area (Å²) in [5.74, 6) is -2.31. The van der Waals surface area contributed by atoms with Gasteiger partial charge in [-0.25, -0.2) is 0 Å². The van der Waals surface area contributed by atoms with Crippen molar-refractivity contribution in [1.29, 1.82) is 0 Å². The van der Waals surface area contributed by atoms with Gasteiger partial charge in [0.25, 0.3) is 0 Å². The van der Waals surface area contributed by atoms with Crippen LogP contribution in [-0.4, -0.2) is 82.3 Å². The van der Waals surface area contributed by atoms with Crippen LogP contribution in [-0.2, 0) is 23.9 Å². The van der Waals surface area contributed by atoms with Crippen LogP contribution in [0, 0.1) is 17.3 Å². The summed E-state index contributed by atoms with van der Waals surface area (Å²) >= 11 is 0. The molecule has 1 N–H and O–H groups in total. The molecule has 37 heavy (non-hydrogen) atoms. The van der Waals surface area contributed by atoms with E-state index >= 15 is 0 Å². The molecule has 3 rings (SSSR count). The van der Waals surface area contributed by atoms with Crippen LogP contribution in [0.4, 0.5) is 0 Å². The Balaban J connectivity index is 2.01. The number of rotatable bonds is 13. The Bertz CT molecular complexity index is 893. The number of nitrogens with zero attached hydrogens (tertiary/aromatic N) is 2. The zero-order chi connectivity index (χ0) is 27.6. The van der Waals surface area contributed by atoms with Crippen LogP contribution >= 0.6 is 0 Å². The second-order valence-corrected chi connectivity index (χ2v) is 12.6. The second kappa shape index (κ2) is 11.3. The number of aliphatic hydroxyl groups is 1. The molecule has 0 aromatic heterocycles. The highest BCUT2D eigenvalue weighted by Gasteiger charge is 2.75. The lowest BCUT2D eigenvalue weighted by Gasteiger charge is -2.45. The van der Waals surface area contributed by atoms with Gasteiger partial charge >= 0.3 is 5.97 Å². The van der Waals surface area contributed by atoms with E-state index in [1.807, 2.05) is 4.90 Å². The molecule has 0 aromatic rings. The molecule has 3 heterocycles. The number of hydrogen-bond donors (Lipinski definition) is 1. The minimum absolute atomic E-state index is 0.0260. The molecule has 3 aliphatic rings. The smallest absolute Gasteiger partial charge is 0.312 e. The summed E-state index contributed by atoms with van der Waals surface area (Å²) in [6.07, 6.45) is 6.72. The van der Waals surface area contributed by atoms with Crippen molar-refractivity contribution in [1.82, 2.24) is 9.80 Å². The fourth-order valence-corrected chi connectivity index (χ4v) is 7.05. The summed E-state index contributed by atoms with van der Waals surface area (Å²) in [5, 5.41) is 9.22. The van der Waals surface area contributed by atoms with Crippen molar-refractivity contribution in [2.75, 3.05) is 26.3 Å². The number of hydrogen-bond acceptors (Lipinski definition) is 6. The van der Waals surface area contributed by atoms with Crippen molar-refractivity contribution >= 4 is 17.8 Å². The number of carbonyl (C=O) groups excluding carboxylic acids is 3. The summed E-state index contributed by atoms with van der Waals surface area (Å²) in [5.41, 5.74) is -1.57. The highest BCUT2D eigenvalue weighted by Crippen LogP contribution is 2.59. The summed E-state index contributed by atoms with van der Waals surface area (Å²) in [7, 11) is 0. The van der Waals surface area contributed by atoms with Gasteiger partial charge in [0.15, 0.2) is 0 Å². The van der Waals surface area contributed by atoms with Crippen LogP contribution in [0.5, 0.6) is 0 Å². The fourth-order valence-electron chi connectivity index (χ4n) is 7.05. The Hall–Kier alpha value is -2.19. The average Bonchev–Trinajstić information content (AvgIpc) is 3.44. The lowest BCUT2D eigenvalue weighted by Crippen LogP contribution is -2.61. The molecule has 0 radical (unpaired) electrons. The first-order chi connectivity index (χ1) is 17.3. The monoisotopic (exact) mass is 518 g/mol. The fraction of sp³-hybridized carbons (Fsp3) is 0.759. The van der Waals surface area contributed by atoms with Gasteiger partial charge in [-0.05, 0) is 57.8 Å². The zero-order valence-corrected chi connectivity index (χ0v) is 23.3. The van der Waals surface area contributed by atoms with E-state index in [9.17, 15) is 19.5 Å². The number of carbonyl (C=O) groups is 3. The van der Waals surface area contributed by atoms with Gasteiger partial charge in [-0.3, -0.25) is 14.4 Å². The van der Waals surface area contributed by atoms with Crippen LogP contribution in [0.2, 0.25) is 0 Å². The Morgan fingerprint density at radius 2 is 1.89 bits per heavy atom. The molecule has 8 heteroatoms. The molecule has 3 saturated heterocycles. The quantitative estimate of drug-likeness (QED) is 0.228. The van der Waals surface area contributed by atoms with E-state index in [0.29, 0.717) is 38.8 Å².